The van der Waals surface area contributed by atoms with Crippen LogP contribution in [0.4, 0.5) is 0 Å². The Morgan fingerprint density at radius 3 is 1.82 bits per heavy atom. The number of carbonyl (C=O) groups is 2. The summed E-state index contributed by atoms with van der Waals surface area (Å²) in [6.45, 7) is 0. The Morgan fingerprint density at radius 1 is 0.941 bits per heavy atom. The second-order valence-electron chi connectivity index (χ2n) is 3.10. The maximum Gasteiger partial charge on any atom is 0.289 e. The highest BCUT2D eigenvalue weighted by molar-refractivity contribution is 6.43. The smallest absolute Gasteiger partial charge is 0.289 e. The summed E-state index contributed by atoms with van der Waals surface area (Å²) in [6, 6.07) is 2.81. The van der Waals surface area contributed by atoms with Gasteiger partial charge in [0, 0.05) is 6.07 Å². The SMILES string of the molecule is COc1cc(OC)c(C(=O)C(N)=O)cc1OC. The molecule has 0 aliphatic heterocycles. The number of hydrogen-bond donors (Lipinski definition) is 1. The molecule has 0 fully saturated rings. The fourth-order valence-corrected chi connectivity index (χ4v) is 1.34. The van der Waals surface area contributed by atoms with Crippen molar-refractivity contribution in [3.05, 3.63) is 17.7 Å². The minimum absolute atomic E-state index is 0.0395. The molecule has 2 N–H and O–H groups in total. The molecular formula is C11H13NO5. The zero-order chi connectivity index (χ0) is 13.0. The quantitative estimate of drug-likeness (QED) is 0.592. The van der Waals surface area contributed by atoms with Gasteiger partial charge in [-0.1, -0.05) is 0 Å². The Kier molecular flexibility index (Phi) is 3.92. The maximum atomic E-state index is 11.5. The summed E-state index contributed by atoms with van der Waals surface area (Å²) >= 11 is 0. The molecule has 0 aliphatic rings. The van der Waals surface area contributed by atoms with E-state index in [1.165, 1.54) is 33.5 Å². The summed E-state index contributed by atoms with van der Waals surface area (Å²) < 4.78 is 15.1. The van der Waals surface area contributed by atoms with Crippen LogP contribution >= 0.6 is 0 Å². The van der Waals surface area contributed by atoms with Crippen LogP contribution in [0.5, 0.6) is 17.2 Å². The van der Waals surface area contributed by atoms with Gasteiger partial charge in [-0.2, -0.15) is 0 Å². The predicted octanol–water partition coefficient (Wildman–Crippen LogP) is 0.380. The number of Topliss-reactive ketones (excluding diaryl/α,β-unsaturated/α-hetero) is 1. The van der Waals surface area contributed by atoms with E-state index in [-0.39, 0.29) is 11.3 Å². The molecule has 0 heterocycles. The van der Waals surface area contributed by atoms with E-state index in [4.69, 9.17) is 19.9 Å². The van der Waals surface area contributed by atoms with Gasteiger partial charge in [0.15, 0.2) is 11.5 Å². The number of carbonyl (C=O) groups excluding carboxylic acids is 2. The zero-order valence-corrected chi connectivity index (χ0v) is 9.77. The normalized spacial score (nSPS) is 9.59. The lowest BCUT2D eigenvalue weighted by atomic mass is 10.1. The predicted molar refractivity (Wildman–Crippen MR) is 59.6 cm³/mol. The van der Waals surface area contributed by atoms with Crippen molar-refractivity contribution < 1.29 is 23.8 Å². The first-order valence-corrected chi connectivity index (χ1v) is 4.69. The number of amides is 1. The molecule has 0 aliphatic carbocycles. The Morgan fingerprint density at radius 2 is 1.41 bits per heavy atom. The standard InChI is InChI=1S/C11H13NO5/c1-15-7-5-9(17-3)8(16-2)4-6(7)10(13)11(12)14/h4-5H,1-3H3,(H2,12,14). The van der Waals surface area contributed by atoms with Crippen LogP contribution in [0.15, 0.2) is 12.1 Å². The van der Waals surface area contributed by atoms with Crippen molar-refractivity contribution in [1.82, 2.24) is 0 Å². The van der Waals surface area contributed by atoms with Crippen molar-refractivity contribution in [3.63, 3.8) is 0 Å². The molecule has 0 unspecified atom stereocenters. The van der Waals surface area contributed by atoms with Crippen LogP contribution in [-0.2, 0) is 4.79 Å². The lowest BCUT2D eigenvalue weighted by molar-refractivity contribution is -0.114. The highest BCUT2D eigenvalue weighted by atomic mass is 16.5. The van der Waals surface area contributed by atoms with Crippen molar-refractivity contribution in [3.8, 4) is 17.2 Å². The number of methoxy groups -OCH3 is 3. The number of rotatable bonds is 5. The molecule has 0 radical (unpaired) electrons. The Labute approximate surface area is 98.3 Å². The van der Waals surface area contributed by atoms with Crippen LogP contribution in [0.25, 0.3) is 0 Å². The van der Waals surface area contributed by atoms with Crippen LogP contribution in [0.1, 0.15) is 10.4 Å². The number of nitrogens with two attached hydrogens (primary N) is 1. The average Bonchev–Trinajstić information content (AvgIpc) is 2.35. The Balaban J connectivity index is 3.38. The van der Waals surface area contributed by atoms with Crippen LogP contribution in [0.2, 0.25) is 0 Å². The van der Waals surface area contributed by atoms with Crippen molar-refractivity contribution in [1.29, 1.82) is 0 Å². The Hall–Kier alpha value is -2.24. The summed E-state index contributed by atoms with van der Waals surface area (Å²) in [6.07, 6.45) is 0. The van der Waals surface area contributed by atoms with Crippen molar-refractivity contribution in [2.45, 2.75) is 0 Å². The van der Waals surface area contributed by atoms with E-state index in [2.05, 4.69) is 0 Å². The topological polar surface area (TPSA) is 87.9 Å². The molecule has 1 aromatic carbocycles. The lowest BCUT2D eigenvalue weighted by Gasteiger charge is -2.12. The molecule has 0 aromatic heterocycles. The third-order valence-electron chi connectivity index (χ3n) is 2.17. The van der Waals surface area contributed by atoms with Gasteiger partial charge in [-0.3, -0.25) is 9.59 Å². The Bertz CT molecular complexity index is 455. The first-order chi connectivity index (χ1) is 8.04. The number of hydrogen-bond acceptors (Lipinski definition) is 5. The second kappa shape index (κ2) is 5.20. The lowest BCUT2D eigenvalue weighted by Crippen LogP contribution is -2.23. The van der Waals surface area contributed by atoms with Gasteiger partial charge in [0.2, 0.25) is 0 Å². The molecule has 1 rings (SSSR count). The highest BCUT2D eigenvalue weighted by Gasteiger charge is 2.21. The molecule has 6 heteroatoms. The fourth-order valence-electron chi connectivity index (χ4n) is 1.34. The molecule has 0 bridgehead atoms. The molecule has 0 saturated carbocycles. The summed E-state index contributed by atoms with van der Waals surface area (Å²) in [7, 11) is 4.24. The minimum Gasteiger partial charge on any atom is -0.496 e. The van der Waals surface area contributed by atoms with Gasteiger partial charge in [0.05, 0.1) is 26.9 Å². The number of ether oxygens (including phenoxy) is 3. The van der Waals surface area contributed by atoms with E-state index >= 15 is 0 Å². The number of ketones is 1. The zero-order valence-electron chi connectivity index (χ0n) is 9.77. The monoisotopic (exact) mass is 239 g/mol. The molecule has 92 valence electrons. The second-order valence-corrected chi connectivity index (χ2v) is 3.10. The number of benzene rings is 1. The van der Waals surface area contributed by atoms with Gasteiger partial charge >= 0.3 is 0 Å². The van der Waals surface area contributed by atoms with E-state index < -0.39 is 11.7 Å². The van der Waals surface area contributed by atoms with E-state index in [0.29, 0.717) is 11.5 Å². The van der Waals surface area contributed by atoms with Crippen molar-refractivity contribution in [2.75, 3.05) is 21.3 Å². The third kappa shape index (κ3) is 2.47. The van der Waals surface area contributed by atoms with Gasteiger partial charge < -0.3 is 19.9 Å². The molecule has 0 spiro atoms. The van der Waals surface area contributed by atoms with Crippen LogP contribution in [-0.4, -0.2) is 33.0 Å². The van der Waals surface area contributed by atoms with E-state index in [9.17, 15) is 9.59 Å². The first-order valence-electron chi connectivity index (χ1n) is 4.69. The summed E-state index contributed by atoms with van der Waals surface area (Å²) in [5.74, 6) is -0.993. The van der Waals surface area contributed by atoms with Crippen LogP contribution in [0.3, 0.4) is 0 Å². The average molecular weight is 239 g/mol. The van der Waals surface area contributed by atoms with Crippen molar-refractivity contribution in [2.24, 2.45) is 5.73 Å². The molecule has 17 heavy (non-hydrogen) atoms. The third-order valence-corrected chi connectivity index (χ3v) is 2.17. The first kappa shape index (κ1) is 12.8. The molecular weight excluding hydrogens is 226 g/mol. The van der Waals surface area contributed by atoms with E-state index in [1.807, 2.05) is 0 Å². The van der Waals surface area contributed by atoms with E-state index in [1.54, 1.807) is 0 Å². The number of primary amides is 1. The van der Waals surface area contributed by atoms with Crippen LogP contribution < -0.4 is 19.9 Å². The molecule has 6 nitrogen and oxygen atoms in total. The largest absolute Gasteiger partial charge is 0.496 e. The van der Waals surface area contributed by atoms with Gasteiger partial charge in [0.1, 0.15) is 5.75 Å². The van der Waals surface area contributed by atoms with E-state index in [0.717, 1.165) is 0 Å². The fraction of sp³-hybridized carbons (Fsp3) is 0.273. The molecule has 0 atom stereocenters. The highest BCUT2D eigenvalue weighted by Crippen LogP contribution is 2.34. The maximum absolute atomic E-state index is 11.5. The van der Waals surface area contributed by atoms with Crippen LogP contribution in [0, 0.1) is 0 Å². The summed E-state index contributed by atoms with van der Waals surface area (Å²) in [5, 5.41) is 0. The molecule has 1 aromatic rings. The summed E-state index contributed by atoms with van der Waals surface area (Å²) in [4.78, 5) is 22.4. The van der Waals surface area contributed by atoms with Crippen molar-refractivity contribution >= 4 is 11.7 Å². The van der Waals surface area contributed by atoms with Gasteiger partial charge in [-0.15, -0.1) is 0 Å². The van der Waals surface area contributed by atoms with Gasteiger partial charge in [-0.25, -0.2) is 0 Å². The van der Waals surface area contributed by atoms with Gasteiger partial charge in [-0.05, 0) is 6.07 Å². The minimum atomic E-state index is -1.06. The van der Waals surface area contributed by atoms with Gasteiger partial charge in [0.25, 0.3) is 11.7 Å². The molecule has 1 amide bonds. The molecule has 0 saturated heterocycles. The summed E-state index contributed by atoms with van der Waals surface area (Å²) in [5.41, 5.74) is 4.98.